The third kappa shape index (κ3) is 5.48. The number of thiophene rings is 1. The molecule has 33 heavy (non-hydrogen) atoms. The molecule has 0 atom stereocenters. The molecule has 0 aliphatic carbocycles. The van der Waals surface area contributed by atoms with E-state index in [4.69, 9.17) is 4.42 Å². The van der Waals surface area contributed by atoms with Crippen molar-refractivity contribution in [2.24, 2.45) is 0 Å². The third-order valence-electron chi connectivity index (χ3n) is 4.58. The van der Waals surface area contributed by atoms with Gasteiger partial charge >= 0.3 is 0 Å². The highest BCUT2D eigenvalue weighted by Crippen LogP contribution is 2.21. The quantitative estimate of drug-likeness (QED) is 0.346. The van der Waals surface area contributed by atoms with E-state index in [1.54, 1.807) is 47.8 Å². The Morgan fingerprint density at radius 2 is 1.67 bits per heavy atom. The molecule has 0 aliphatic heterocycles. The van der Waals surface area contributed by atoms with Gasteiger partial charge in [-0.15, -0.1) is 11.3 Å². The molecule has 0 aliphatic rings. The minimum absolute atomic E-state index is 0.200. The van der Waals surface area contributed by atoms with Crippen molar-refractivity contribution >= 4 is 44.5 Å². The van der Waals surface area contributed by atoms with Crippen molar-refractivity contribution in [1.29, 1.82) is 0 Å². The van der Waals surface area contributed by atoms with Crippen molar-refractivity contribution < 1.29 is 22.4 Å². The van der Waals surface area contributed by atoms with Crippen molar-refractivity contribution in [1.82, 2.24) is 5.32 Å². The molecule has 2 heterocycles. The van der Waals surface area contributed by atoms with Crippen molar-refractivity contribution in [3.8, 4) is 0 Å². The number of hydrogen-bond donors (Lipinski definition) is 3. The summed E-state index contributed by atoms with van der Waals surface area (Å²) in [7, 11) is -3.67. The van der Waals surface area contributed by atoms with E-state index in [1.165, 1.54) is 36.6 Å². The zero-order valence-electron chi connectivity index (χ0n) is 17.1. The minimum Gasteiger partial charge on any atom is -0.467 e. The van der Waals surface area contributed by atoms with Crippen LogP contribution in [0.5, 0.6) is 0 Å². The van der Waals surface area contributed by atoms with E-state index >= 15 is 0 Å². The highest BCUT2D eigenvalue weighted by Gasteiger charge is 2.17. The van der Waals surface area contributed by atoms with Crippen molar-refractivity contribution in [3.05, 3.63) is 101 Å². The van der Waals surface area contributed by atoms with Crippen molar-refractivity contribution in [2.45, 2.75) is 10.8 Å². The third-order valence-corrected chi connectivity index (χ3v) is 7.36. The fourth-order valence-corrected chi connectivity index (χ4v) is 5.02. The number of furan rings is 1. The molecule has 2 aromatic carbocycles. The topological polar surface area (TPSA) is 118 Å². The van der Waals surface area contributed by atoms with E-state index in [0.717, 1.165) is 11.3 Å². The molecule has 4 rings (SSSR count). The number of carbonyl (C=O) groups excluding carboxylic acids is 2. The van der Waals surface area contributed by atoms with Gasteiger partial charge in [0.05, 0.1) is 24.1 Å². The molecule has 0 saturated heterocycles. The summed E-state index contributed by atoms with van der Waals surface area (Å²) in [6, 6.07) is 19.3. The van der Waals surface area contributed by atoms with E-state index in [9.17, 15) is 18.0 Å². The average molecular weight is 482 g/mol. The maximum absolute atomic E-state index is 12.7. The highest BCUT2D eigenvalue weighted by atomic mass is 32.2. The molecule has 0 bridgehead atoms. The van der Waals surface area contributed by atoms with Gasteiger partial charge in [0, 0.05) is 11.3 Å². The Hall–Kier alpha value is -3.89. The first-order chi connectivity index (χ1) is 15.9. The zero-order chi connectivity index (χ0) is 23.3. The van der Waals surface area contributed by atoms with Gasteiger partial charge in [-0.25, -0.2) is 8.42 Å². The molecule has 0 fully saturated rings. The SMILES string of the molecule is O=C(Nc1ccccc1C(=O)NCc1ccco1)c1ccc(NS(=O)(=O)c2cccs2)cc1. The molecule has 168 valence electrons. The lowest BCUT2D eigenvalue weighted by atomic mass is 10.1. The van der Waals surface area contributed by atoms with Crippen LogP contribution >= 0.6 is 11.3 Å². The van der Waals surface area contributed by atoms with Gasteiger partial charge in [-0.3, -0.25) is 14.3 Å². The van der Waals surface area contributed by atoms with Crippen LogP contribution in [0.3, 0.4) is 0 Å². The van der Waals surface area contributed by atoms with Gasteiger partial charge < -0.3 is 15.1 Å². The molecule has 4 aromatic rings. The van der Waals surface area contributed by atoms with Crippen LogP contribution in [-0.2, 0) is 16.6 Å². The summed E-state index contributed by atoms with van der Waals surface area (Å²) in [4.78, 5) is 25.3. The number of anilines is 2. The summed E-state index contributed by atoms with van der Waals surface area (Å²) in [5.74, 6) is -0.186. The molecular formula is C23H19N3O5S2. The molecule has 0 unspecified atom stereocenters. The number of para-hydroxylation sites is 1. The Labute approximate surface area is 194 Å². The zero-order valence-corrected chi connectivity index (χ0v) is 18.8. The van der Waals surface area contributed by atoms with E-state index in [0.29, 0.717) is 28.3 Å². The van der Waals surface area contributed by atoms with Crippen LogP contribution in [0.1, 0.15) is 26.5 Å². The van der Waals surface area contributed by atoms with Crippen LogP contribution in [0.15, 0.2) is 93.1 Å². The van der Waals surface area contributed by atoms with E-state index in [1.807, 2.05) is 0 Å². The van der Waals surface area contributed by atoms with Crippen LogP contribution in [-0.4, -0.2) is 20.2 Å². The lowest BCUT2D eigenvalue weighted by Crippen LogP contribution is -2.24. The van der Waals surface area contributed by atoms with E-state index in [-0.39, 0.29) is 16.7 Å². The molecule has 10 heteroatoms. The van der Waals surface area contributed by atoms with Gasteiger partial charge in [-0.05, 0) is 60.0 Å². The summed E-state index contributed by atoms with van der Waals surface area (Å²) in [5.41, 5.74) is 1.29. The molecule has 0 radical (unpaired) electrons. The van der Waals surface area contributed by atoms with Crippen LogP contribution in [0, 0.1) is 0 Å². The van der Waals surface area contributed by atoms with Gasteiger partial charge in [0.15, 0.2) is 0 Å². The van der Waals surface area contributed by atoms with Gasteiger partial charge in [-0.1, -0.05) is 18.2 Å². The van der Waals surface area contributed by atoms with Crippen molar-refractivity contribution in [2.75, 3.05) is 10.0 Å². The molecule has 3 N–H and O–H groups in total. The predicted molar refractivity (Wildman–Crippen MR) is 126 cm³/mol. The first kappa shape index (κ1) is 22.3. The van der Waals surface area contributed by atoms with Crippen LogP contribution in [0.2, 0.25) is 0 Å². The van der Waals surface area contributed by atoms with Gasteiger partial charge in [-0.2, -0.15) is 0 Å². The minimum atomic E-state index is -3.67. The molecule has 8 nitrogen and oxygen atoms in total. The van der Waals surface area contributed by atoms with E-state index in [2.05, 4.69) is 15.4 Å². The number of carbonyl (C=O) groups is 2. The summed E-state index contributed by atoms with van der Waals surface area (Å²) in [6.45, 7) is 0.219. The smallest absolute Gasteiger partial charge is 0.271 e. The first-order valence-corrected chi connectivity index (χ1v) is 12.2. The number of amides is 2. The fourth-order valence-electron chi connectivity index (χ4n) is 2.97. The highest BCUT2D eigenvalue weighted by molar-refractivity contribution is 7.94. The average Bonchev–Trinajstić information content (AvgIpc) is 3.53. The van der Waals surface area contributed by atoms with Gasteiger partial charge in [0.2, 0.25) is 0 Å². The Bertz CT molecular complexity index is 1350. The first-order valence-electron chi connectivity index (χ1n) is 9.80. The van der Waals surface area contributed by atoms with E-state index < -0.39 is 15.9 Å². The van der Waals surface area contributed by atoms with Crippen LogP contribution in [0.25, 0.3) is 0 Å². The number of sulfonamides is 1. The Morgan fingerprint density at radius 1 is 0.879 bits per heavy atom. The summed E-state index contributed by atoms with van der Waals surface area (Å²) < 4.78 is 32.5. The summed E-state index contributed by atoms with van der Waals surface area (Å²) in [5, 5.41) is 7.16. The van der Waals surface area contributed by atoms with Gasteiger partial charge in [0.1, 0.15) is 9.97 Å². The molecule has 2 aromatic heterocycles. The predicted octanol–water partition coefficient (Wildman–Crippen LogP) is 4.32. The normalized spacial score (nSPS) is 11.0. The Morgan fingerprint density at radius 3 is 2.36 bits per heavy atom. The standard InChI is InChI=1S/C23H19N3O5S2/c27-22(16-9-11-17(12-10-16)26-33(29,30)21-8-4-14-32-21)25-20-7-2-1-6-19(20)23(28)24-15-18-5-3-13-31-18/h1-14,26H,15H2,(H,24,28)(H,25,27). The second kappa shape index (κ2) is 9.72. The molecule has 0 spiro atoms. The maximum Gasteiger partial charge on any atom is 0.271 e. The summed E-state index contributed by atoms with van der Waals surface area (Å²) in [6.07, 6.45) is 1.52. The van der Waals surface area contributed by atoms with Crippen LogP contribution < -0.4 is 15.4 Å². The van der Waals surface area contributed by atoms with Crippen molar-refractivity contribution in [3.63, 3.8) is 0 Å². The van der Waals surface area contributed by atoms with Crippen LogP contribution in [0.4, 0.5) is 11.4 Å². The van der Waals surface area contributed by atoms with Gasteiger partial charge in [0.25, 0.3) is 21.8 Å². The second-order valence-electron chi connectivity index (χ2n) is 6.88. The summed E-state index contributed by atoms with van der Waals surface area (Å²) >= 11 is 1.11. The largest absolute Gasteiger partial charge is 0.467 e. The molecule has 0 saturated carbocycles. The number of rotatable bonds is 8. The lowest BCUT2D eigenvalue weighted by molar-refractivity contribution is 0.0949. The second-order valence-corrected chi connectivity index (χ2v) is 9.73. The fraction of sp³-hybridized carbons (Fsp3) is 0.0435. The number of hydrogen-bond acceptors (Lipinski definition) is 6. The maximum atomic E-state index is 12.7. The monoisotopic (exact) mass is 481 g/mol. The molecular weight excluding hydrogens is 462 g/mol. The number of benzene rings is 2. The lowest BCUT2D eigenvalue weighted by Gasteiger charge is -2.12. The Kier molecular flexibility index (Phi) is 6.57. The molecule has 2 amide bonds. The number of nitrogens with one attached hydrogen (secondary N) is 3. The Balaban J connectivity index is 1.43.